The molecule has 1 aromatic carbocycles. The number of amides is 1. The van der Waals surface area contributed by atoms with Gasteiger partial charge < -0.3 is 19.5 Å². The van der Waals surface area contributed by atoms with E-state index in [1.807, 2.05) is 26.0 Å². The summed E-state index contributed by atoms with van der Waals surface area (Å²) in [6, 6.07) is 4.02. The Hall–Kier alpha value is -1.54. The van der Waals surface area contributed by atoms with Crippen LogP contribution in [0.5, 0.6) is 5.75 Å². The van der Waals surface area contributed by atoms with Gasteiger partial charge in [0, 0.05) is 6.08 Å². The molecule has 0 spiro atoms. The molecule has 0 aliphatic heterocycles. The van der Waals surface area contributed by atoms with E-state index in [1.165, 1.54) is 0 Å². The third-order valence-electron chi connectivity index (χ3n) is 3.21. The molecule has 0 atom stereocenters. The second kappa shape index (κ2) is 18.0. The molecule has 32 heavy (non-hydrogen) atoms. The first-order valence-corrected chi connectivity index (χ1v) is 12.3. The van der Waals surface area contributed by atoms with E-state index >= 15 is 0 Å². The highest BCUT2D eigenvalue weighted by Gasteiger charge is 2.18. The second-order valence-corrected chi connectivity index (χ2v) is 9.74. The Balaban J connectivity index is 0. The van der Waals surface area contributed by atoms with Crippen LogP contribution >= 0.6 is 31.9 Å². The van der Waals surface area contributed by atoms with E-state index in [0.29, 0.717) is 5.75 Å². The average molecular weight is 581 g/mol. The van der Waals surface area contributed by atoms with Crippen LogP contribution in [0.25, 0.3) is 0 Å². The van der Waals surface area contributed by atoms with Crippen molar-refractivity contribution in [3.05, 3.63) is 39.3 Å². The maximum atomic E-state index is 11.5. The number of ether oxygens (including phenoxy) is 3. The Bertz CT molecular complexity index is 674. The Morgan fingerprint density at radius 2 is 1.53 bits per heavy atom. The monoisotopic (exact) mass is 579 g/mol. The molecule has 184 valence electrons. The number of carbonyl (C=O) groups excluding carboxylic acids is 2. The van der Waals surface area contributed by atoms with Crippen LogP contribution in [0.3, 0.4) is 0 Å². The summed E-state index contributed by atoms with van der Waals surface area (Å²) < 4.78 is 17.0. The lowest BCUT2D eigenvalue weighted by Crippen LogP contribution is -2.29. The lowest BCUT2D eigenvalue weighted by Gasteiger charge is -2.21. The van der Waals surface area contributed by atoms with E-state index in [9.17, 15) is 9.59 Å². The van der Waals surface area contributed by atoms with Crippen LogP contribution in [-0.4, -0.2) is 38.4 Å². The number of alkyl carbamates (subject to hydrolysis) is 1. The molecule has 1 N–H and O–H groups in total. The van der Waals surface area contributed by atoms with Gasteiger partial charge in [-0.05, 0) is 60.9 Å². The molecule has 6 nitrogen and oxygen atoms in total. The largest absolute Gasteiger partial charge is 0.488 e. The van der Waals surface area contributed by atoms with Gasteiger partial charge in [0.05, 0.1) is 15.5 Å². The number of benzene rings is 1. The molecule has 0 heterocycles. The van der Waals surface area contributed by atoms with Crippen molar-refractivity contribution in [2.24, 2.45) is 5.92 Å². The number of rotatable bonds is 8. The third kappa shape index (κ3) is 16.1. The van der Waals surface area contributed by atoms with Crippen LogP contribution in [0.2, 0.25) is 0 Å². The zero-order chi connectivity index (χ0) is 25.3. The van der Waals surface area contributed by atoms with Crippen molar-refractivity contribution in [3.8, 4) is 5.75 Å². The van der Waals surface area contributed by atoms with Gasteiger partial charge in [0.15, 0.2) is 0 Å². The van der Waals surface area contributed by atoms with Gasteiger partial charge in [0.1, 0.15) is 25.6 Å². The molecule has 0 radical (unpaired) electrons. The average Bonchev–Trinajstić information content (AvgIpc) is 2.70. The zero-order valence-electron chi connectivity index (χ0n) is 20.6. The molecule has 0 aliphatic carbocycles. The third-order valence-corrected chi connectivity index (χ3v) is 4.39. The Labute approximate surface area is 210 Å². The number of esters is 1. The summed E-state index contributed by atoms with van der Waals surface area (Å²) in [5.74, 6) is 0.945. The van der Waals surface area contributed by atoms with E-state index < -0.39 is 12.1 Å². The van der Waals surface area contributed by atoms with Crippen LogP contribution < -0.4 is 10.1 Å². The Morgan fingerprint density at radius 1 is 1.03 bits per heavy atom. The maximum Gasteiger partial charge on any atom is 0.407 e. The highest BCUT2D eigenvalue weighted by atomic mass is 79.9. The van der Waals surface area contributed by atoms with E-state index in [4.69, 9.17) is 14.2 Å². The number of hydrogen-bond donors (Lipinski definition) is 1. The van der Waals surface area contributed by atoms with Gasteiger partial charge in [-0.1, -0.05) is 62.0 Å². The van der Waals surface area contributed by atoms with Crippen molar-refractivity contribution in [2.75, 3.05) is 26.4 Å². The van der Waals surface area contributed by atoms with Gasteiger partial charge in [-0.2, -0.15) is 0 Å². The van der Waals surface area contributed by atoms with Gasteiger partial charge in [-0.25, -0.2) is 9.59 Å². The van der Waals surface area contributed by atoms with Crippen LogP contribution in [-0.2, 0) is 19.7 Å². The molecule has 0 saturated heterocycles. The summed E-state index contributed by atoms with van der Waals surface area (Å²) in [4.78, 5) is 22.3. The molecule has 0 fully saturated rings. The van der Waals surface area contributed by atoms with Crippen molar-refractivity contribution in [1.29, 1.82) is 0 Å². The molecule has 1 amide bonds. The number of hydrogen-bond acceptors (Lipinski definition) is 5. The lowest BCUT2D eigenvalue weighted by molar-refractivity contribution is -0.137. The minimum atomic E-state index is -0.607. The zero-order valence-corrected chi connectivity index (χ0v) is 23.8. The minimum absolute atomic E-state index is 0.0186. The van der Waals surface area contributed by atoms with Crippen molar-refractivity contribution in [1.82, 2.24) is 5.32 Å². The molecular formula is C24H39Br2NO5. The van der Waals surface area contributed by atoms with Crippen LogP contribution in [0.4, 0.5) is 4.79 Å². The molecule has 0 saturated carbocycles. The fraction of sp³-hybridized carbons (Fsp3) is 0.583. The van der Waals surface area contributed by atoms with Gasteiger partial charge in [0.2, 0.25) is 0 Å². The Kier molecular flexibility index (Phi) is 18.3. The van der Waals surface area contributed by atoms with Gasteiger partial charge in [0.25, 0.3) is 0 Å². The van der Waals surface area contributed by atoms with Gasteiger partial charge >= 0.3 is 12.1 Å². The summed E-state index contributed by atoms with van der Waals surface area (Å²) in [6.07, 6.45) is 0.449. The van der Waals surface area contributed by atoms with Crippen molar-refractivity contribution in [3.63, 3.8) is 0 Å². The quantitative estimate of drug-likeness (QED) is 0.203. The van der Waals surface area contributed by atoms with Crippen LogP contribution in [0.15, 0.2) is 33.7 Å². The van der Waals surface area contributed by atoms with E-state index in [1.54, 1.807) is 0 Å². The highest BCUT2D eigenvalue weighted by Crippen LogP contribution is 2.38. The fourth-order valence-corrected chi connectivity index (χ4v) is 3.24. The smallest absolute Gasteiger partial charge is 0.407 e. The van der Waals surface area contributed by atoms with Crippen LogP contribution in [0.1, 0.15) is 61.0 Å². The summed E-state index contributed by atoms with van der Waals surface area (Å²) in [7, 11) is 0. The SMILES string of the molecule is C=CC(=O)OCCNC(=O)OCCOc1c(Br)cc(C(C)(C)C)cc1Br.CC.CC(C)C. The molecule has 0 unspecified atom stereocenters. The number of carbonyl (C=O) groups is 2. The van der Waals surface area contributed by atoms with Gasteiger partial charge in [-0.15, -0.1) is 0 Å². The summed E-state index contributed by atoms with van der Waals surface area (Å²) in [5, 5.41) is 2.46. The van der Waals surface area contributed by atoms with E-state index in [2.05, 4.69) is 85.3 Å². The predicted molar refractivity (Wildman–Crippen MR) is 138 cm³/mol. The van der Waals surface area contributed by atoms with Gasteiger partial charge in [-0.3, -0.25) is 0 Å². The van der Waals surface area contributed by atoms with E-state index in [0.717, 1.165) is 26.5 Å². The maximum absolute atomic E-state index is 11.5. The predicted octanol–water partition coefficient (Wildman–Crippen LogP) is 7.03. The minimum Gasteiger partial charge on any atom is -0.488 e. The van der Waals surface area contributed by atoms with Crippen molar-refractivity contribution >= 4 is 43.9 Å². The molecule has 0 aromatic heterocycles. The molecule has 1 aromatic rings. The number of nitrogens with one attached hydrogen (secondary N) is 1. The molecule has 0 aliphatic rings. The highest BCUT2D eigenvalue weighted by molar-refractivity contribution is 9.11. The van der Waals surface area contributed by atoms with Crippen LogP contribution in [0, 0.1) is 5.92 Å². The first-order valence-electron chi connectivity index (χ1n) is 10.7. The second-order valence-electron chi connectivity index (χ2n) is 8.03. The molecule has 8 heteroatoms. The first kappa shape index (κ1) is 32.6. The standard InChI is InChI=1S/C18H23Br2NO5.C4H10.C2H6/c1-5-15(22)24-7-6-21-17(23)26-9-8-25-16-13(19)10-12(11-14(16)20)18(2,3)4;1-4(2)3;1-2/h5,10-11H,1,6-9H2,2-4H3,(H,21,23);4H,1-3H3;1-2H3. The Morgan fingerprint density at radius 3 is 1.97 bits per heavy atom. The fourth-order valence-electron chi connectivity index (χ4n) is 1.82. The van der Waals surface area contributed by atoms with Crippen molar-refractivity contribution in [2.45, 2.75) is 60.8 Å². The first-order chi connectivity index (χ1) is 14.9. The molecular weight excluding hydrogens is 542 g/mol. The van der Waals surface area contributed by atoms with E-state index in [-0.39, 0.29) is 31.8 Å². The van der Waals surface area contributed by atoms with Crippen molar-refractivity contribution < 1.29 is 23.8 Å². The molecule has 1 rings (SSSR count). The summed E-state index contributed by atoms with van der Waals surface area (Å²) in [5.41, 5.74) is 1.18. The lowest BCUT2D eigenvalue weighted by atomic mass is 9.87. The number of halogens is 2. The summed E-state index contributed by atoms with van der Waals surface area (Å²) >= 11 is 7.02. The summed E-state index contributed by atoms with van der Waals surface area (Å²) in [6.45, 7) is 20.7. The molecule has 0 bridgehead atoms. The normalized spacial score (nSPS) is 10.1. The topological polar surface area (TPSA) is 73.9 Å².